The molecule has 0 aliphatic rings. The largest absolute Gasteiger partial charge is 0.380 e. The average Bonchev–Trinajstić information content (AvgIpc) is 2.58. The van der Waals surface area contributed by atoms with Crippen LogP contribution in [0.4, 0.5) is 5.69 Å². The van der Waals surface area contributed by atoms with E-state index >= 15 is 0 Å². The van der Waals surface area contributed by atoms with Crippen LogP contribution in [0.2, 0.25) is 0 Å². The first-order chi connectivity index (χ1) is 11.8. The van der Waals surface area contributed by atoms with E-state index in [9.17, 15) is 13.2 Å². The van der Waals surface area contributed by atoms with Crippen molar-refractivity contribution in [3.63, 3.8) is 0 Å². The molecule has 1 N–H and O–H groups in total. The van der Waals surface area contributed by atoms with Crippen LogP contribution in [0.25, 0.3) is 0 Å². The quantitative estimate of drug-likeness (QED) is 0.779. The van der Waals surface area contributed by atoms with Gasteiger partial charge in [0.2, 0.25) is 0 Å². The number of hydrogen-bond acceptors (Lipinski definition) is 5. The highest BCUT2D eigenvalue weighted by molar-refractivity contribution is 7.90. The van der Waals surface area contributed by atoms with E-state index in [4.69, 9.17) is 16.9 Å². The third kappa shape index (κ3) is 4.59. The van der Waals surface area contributed by atoms with Gasteiger partial charge in [-0.05, 0) is 53.4 Å². The van der Waals surface area contributed by atoms with Crippen LogP contribution in [0.15, 0.2) is 41.3 Å². The fourth-order valence-electron chi connectivity index (χ4n) is 2.44. The molecule has 0 aliphatic carbocycles. The summed E-state index contributed by atoms with van der Waals surface area (Å²) in [6.45, 7) is 2.24. The minimum Gasteiger partial charge on any atom is -0.380 e. The van der Waals surface area contributed by atoms with Crippen LogP contribution >= 0.6 is 11.6 Å². The Labute approximate surface area is 152 Å². The molecule has 0 atom stereocenters. The maximum atomic E-state index is 12.1. The normalized spacial score (nSPS) is 11.0. The van der Waals surface area contributed by atoms with Crippen LogP contribution in [-0.4, -0.2) is 19.9 Å². The number of halogens is 1. The first-order valence-corrected chi connectivity index (χ1v) is 9.83. The van der Waals surface area contributed by atoms with E-state index in [0.717, 1.165) is 11.8 Å². The molecule has 0 aromatic heterocycles. The van der Waals surface area contributed by atoms with Crippen molar-refractivity contribution in [3.05, 3.63) is 58.7 Å². The van der Waals surface area contributed by atoms with E-state index in [-0.39, 0.29) is 10.5 Å². The predicted molar refractivity (Wildman–Crippen MR) is 97.6 cm³/mol. The van der Waals surface area contributed by atoms with Gasteiger partial charge in [0.25, 0.3) is 5.24 Å². The summed E-state index contributed by atoms with van der Waals surface area (Å²) in [7, 11) is -3.55. The first-order valence-electron chi connectivity index (χ1n) is 7.56. The molecule has 2 aromatic carbocycles. The summed E-state index contributed by atoms with van der Waals surface area (Å²) in [4.78, 5) is 11.6. The SMILES string of the molecule is CCc1cc(NCc2ccc(C#N)cc2)c(S(C)(=O)=O)cc1C(=O)Cl. The molecule has 0 unspecified atom stereocenters. The summed E-state index contributed by atoms with van der Waals surface area (Å²) in [5.74, 6) is 0. The second-order valence-electron chi connectivity index (χ2n) is 5.57. The zero-order valence-corrected chi connectivity index (χ0v) is 15.4. The number of carbonyl (C=O) groups is 1. The van der Waals surface area contributed by atoms with Crippen LogP contribution in [0.1, 0.15) is 34.0 Å². The van der Waals surface area contributed by atoms with Crippen molar-refractivity contribution >= 4 is 32.4 Å². The number of benzene rings is 2. The summed E-state index contributed by atoms with van der Waals surface area (Å²) >= 11 is 5.58. The van der Waals surface area contributed by atoms with E-state index in [1.54, 1.807) is 30.3 Å². The van der Waals surface area contributed by atoms with Crippen molar-refractivity contribution in [2.24, 2.45) is 0 Å². The molecule has 7 heteroatoms. The summed E-state index contributed by atoms with van der Waals surface area (Å²) < 4.78 is 24.2. The number of rotatable bonds is 6. The number of anilines is 1. The standard InChI is InChI=1S/C18H17ClN2O3S/c1-3-14-8-16(17(25(2,23)24)9-15(14)18(19)22)21-11-13-6-4-12(10-20)5-7-13/h4-9,21H,3,11H2,1-2H3. The highest BCUT2D eigenvalue weighted by Crippen LogP contribution is 2.28. The van der Waals surface area contributed by atoms with Crippen LogP contribution in [0.5, 0.6) is 0 Å². The molecule has 0 heterocycles. The fourth-order valence-corrected chi connectivity index (χ4v) is 3.48. The lowest BCUT2D eigenvalue weighted by Gasteiger charge is -2.15. The molecule has 130 valence electrons. The van der Waals surface area contributed by atoms with Gasteiger partial charge in [-0.3, -0.25) is 4.79 Å². The Morgan fingerprint density at radius 1 is 1.24 bits per heavy atom. The molecule has 0 bridgehead atoms. The van der Waals surface area contributed by atoms with Gasteiger partial charge in [-0.2, -0.15) is 5.26 Å². The van der Waals surface area contributed by atoms with Gasteiger partial charge in [0.1, 0.15) is 0 Å². The lowest BCUT2D eigenvalue weighted by molar-refractivity contribution is 0.108. The van der Waals surface area contributed by atoms with E-state index in [0.29, 0.717) is 29.8 Å². The van der Waals surface area contributed by atoms with Gasteiger partial charge in [0.05, 0.1) is 22.2 Å². The first kappa shape index (κ1) is 19.0. The predicted octanol–water partition coefficient (Wildman–Crippen LogP) is 3.52. The average molecular weight is 377 g/mol. The highest BCUT2D eigenvalue weighted by Gasteiger charge is 2.19. The van der Waals surface area contributed by atoms with E-state index in [1.165, 1.54) is 6.07 Å². The van der Waals surface area contributed by atoms with Crippen LogP contribution in [-0.2, 0) is 22.8 Å². The van der Waals surface area contributed by atoms with Gasteiger partial charge in [0.15, 0.2) is 9.84 Å². The zero-order valence-electron chi connectivity index (χ0n) is 13.8. The number of nitrogens with one attached hydrogen (secondary N) is 1. The van der Waals surface area contributed by atoms with Crippen LogP contribution in [0.3, 0.4) is 0 Å². The molecule has 0 amide bonds. The lowest BCUT2D eigenvalue weighted by atomic mass is 10.0. The number of nitriles is 1. The summed E-state index contributed by atoms with van der Waals surface area (Å²) in [6.07, 6.45) is 1.63. The maximum absolute atomic E-state index is 12.1. The summed E-state index contributed by atoms with van der Waals surface area (Å²) in [5, 5.41) is 11.2. The molecule has 2 aromatic rings. The molecule has 0 saturated heterocycles. The molecule has 25 heavy (non-hydrogen) atoms. The minimum absolute atomic E-state index is 0.0299. The Morgan fingerprint density at radius 3 is 2.36 bits per heavy atom. The monoisotopic (exact) mass is 376 g/mol. The van der Waals surface area contributed by atoms with E-state index in [1.807, 2.05) is 13.0 Å². The zero-order chi connectivity index (χ0) is 18.6. The van der Waals surface area contributed by atoms with Gasteiger partial charge < -0.3 is 5.32 Å². The molecule has 0 aliphatic heterocycles. The van der Waals surface area contributed by atoms with E-state index < -0.39 is 15.1 Å². The number of nitrogens with zero attached hydrogens (tertiary/aromatic N) is 1. The van der Waals surface area contributed by atoms with Crippen molar-refractivity contribution in [3.8, 4) is 6.07 Å². The van der Waals surface area contributed by atoms with Crippen molar-refractivity contribution in [1.29, 1.82) is 5.26 Å². The molecule has 0 fully saturated rings. The molecule has 0 spiro atoms. The molecule has 2 rings (SSSR count). The third-order valence-corrected chi connectivity index (χ3v) is 5.10. The van der Waals surface area contributed by atoms with Gasteiger partial charge in [-0.1, -0.05) is 19.1 Å². The molecular weight excluding hydrogens is 360 g/mol. The van der Waals surface area contributed by atoms with Gasteiger partial charge in [0, 0.05) is 18.4 Å². The molecule has 5 nitrogen and oxygen atoms in total. The number of sulfone groups is 1. The Morgan fingerprint density at radius 2 is 1.88 bits per heavy atom. The summed E-state index contributed by atoms with van der Waals surface area (Å²) in [5.41, 5.74) is 2.75. The Balaban J connectivity index is 2.41. The Bertz CT molecular complexity index is 946. The van der Waals surface area contributed by atoms with Crippen LogP contribution in [0, 0.1) is 11.3 Å². The molecule has 0 saturated carbocycles. The Hall–Kier alpha value is -2.36. The van der Waals surface area contributed by atoms with Crippen molar-refractivity contribution in [2.75, 3.05) is 11.6 Å². The number of aryl methyl sites for hydroxylation is 1. The van der Waals surface area contributed by atoms with Crippen molar-refractivity contribution in [1.82, 2.24) is 0 Å². The number of carbonyl (C=O) groups excluding carboxylic acids is 1. The fraction of sp³-hybridized carbons (Fsp3) is 0.222. The second-order valence-corrected chi connectivity index (χ2v) is 7.89. The van der Waals surface area contributed by atoms with Crippen molar-refractivity contribution < 1.29 is 13.2 Å². The van der Waals surface area contributed by atoms with Gasteiger partial charge in [-0.25, -0.2) is 8.42 Å². The lowest BCUT2D eigenvalue weighted by Crippen LogP contribution is -2.10. The molecular formula is C18H17ClN2O3S. The summed E-state index contributed by atoms with van der Waals surface area (Å²) in [6, 6.07) is 12.0. The second kappa shape index (κ2) is 7.68. The van der Waals surface area contributed by atoms with E-state index in [2.05, 4.69) is 5.32 Å². The molecule has 0 radical (unpaired) electrons. The minimum atomic E-state index is -3.55. The van der Waals surface area contributed by atoms with Crippen LogP contribution < -0.4 is 5.32 Å². The maximum Gasteiger partial charge on any atom is 0.252 e. The topological polar surface area (TPSA) is 87.0 Å². The third-order valence-electron chi connectivity index (χ3n) is 3.76. The number of hydrogen-bond donors (Lipinski definition) is 1. The van der Waals surface area contributed by atoms with Crippen molar-refractivity contribution in [2.45, 2.75) is 24.8 Å². The van der Waals surface area contributed by atoms with Gasteiger partial charge >= 0.3 is 0 Å². The Kier molecular flexibility index (Phi) is 5.83. The highest BCUT2D eigenvalue weighted by atomic mass is 35.5. The van der Waals surface area contributed by atoms with Gasteiger partial charge in [-0.15, -0.1) is 0 Å². The smallest absolute Gasteiger partial charge is 0.252 e.